The van der Waals surface area contributed by atoms with Crippen molar-refractivity contribution < 1.29 is 23.9 Å². The molecule has 8 heteroatoms. The topological polar surface area (TPSA) is 73.9 Å². The number of hydroxylamine groups is 1. The van der Waals surface area contributed by atoms with E-state index in [-0.39, 0.29) is 21.4 Å². The molecule has 0 aliphatic rings. The van der Waals surface area contributed by atoms with E-state index in [1.807, 2.05) is 6.92 Å². The molecular formula is C14H17Cl2NO5. The van der Waals surface area contributed by atoms with E-state index >= 15 is 0 Å². The van der Waals surface area contributed by atoms with Crippen molar-refractivity contribution in [1.82, 2.24) is 5.48 Å². The summed E-state index contributed by atoms with van der Waals surface area (Å²) in [6, 6.07) is 2.96. The maximum Gasteiger partial charge on any atom is 0.334 e. The highest BCUT2D eigenvalue weighted by molar-refractivity contribution is 6.37. The summed E-state index contributed by atoms with van der Waals surface area (Å²) >= 11 is 11.9. The molecule has 0 fully saturated rings. The van der Waals surface area contributed by atoms with Crippen molar-refractivity contribution in [3.05, 3.63) is 27.7 Å². The van der Waals surface area contributed by atoms with Crippen LogP contribution in [0.5, 0.6) is 5.75 Å². The Balaban J connectivity index is 2.56. The van der Waals surface area contributed by atoms with Crippen LogP contribution in [0.4, 0.5) is 0 Å². The van der Waals surface area contributed by atoms with Crippen LogP contribution in [-0.4, -0.2) is 32.2 Å². The Morgan fingerprint density at radius 3 is 2.55 bits per heavy atom. The zero-order valence-corrected chi connectivity index (χ0v) is 13.8. The van der Waals surface area contributed by atoms with Crippen molar-refractivity contribution >= 4 is 35.1 Å². The summed E-state index contributed by atoms with van der Waals surface area (Å²) in [5, 5.41) is 0.379. The Kier molecular flexibility index (Phi) is 8.01. The first-order valence-corrected chi connectivity index (χ1v) is 7.36. The van der Waals surface area contributed by atoms with Gasteiger partial charge in [-0.2, -0.15) is 0 Å². The molecule has 0 radical (unpaired) electrons. The average molecular weight is 350 g/mol. The Morgan fingerprint density at radius 1 is 1.23 bits per heavy atom. The molecule has 0 unspecified atom stereocenters. The zero-order chi connectivity index (χ0) is 16.5. The van der Waals surface area contributed by atoms with Gasteiger partial charge in [-0.15, -0.1) is 0 Å². The molecule has 122 valence electrons. The van der Waals surface area contributed by atoms with Crippen LogP contribution in [0, 0.1) is 0 Å². The zero-order valence-electron chi connectivity index (χ0n) is 12.3. The molecule has 1 N–H and O–H groups in total. The van der Waals surface area contributed by atoms with E-state index in [1.165, 1.54) is 19.2 Å². The monoisotopic (exact) mass is 349 g/mol. The summed E-state index contributed by atoms with van der Waals surface area (Å²) in [6.07, 6.45) is 1.69. The van der Waals surface area contributed by atoms with Gasteiger partial charge >= 0.3 is 5.97 Å². The van der Waals surface area contributed by atoms with Crippen LogP contribution in [0.25, 0.3) is 0 Å². The third-order valence-corrected chi connectivity index (χ3v) is 3.22. The third kappa shape index (κ3) is 5.36. The summed E-state index contributed by atoms with van der Waals surface area (Å²) in [6.45, 7) is 1.89. The standard InChI is InChI=1S/C14H17Cl2NO5/c1-3-4-7-21-11(18)8-22-17-14(19)12-9(15)5-6-10(16)13(12)20-2/h5-6H,3-4,7-8H2,1-2H3,(H,17,19). The number of methoxy groups -OCH3 is 1. The lowest BCUT2D eigenvalue weighted by Crippen LogP contribution is -2.28. The molecule has 0 saturated carbocycles. The maximum absolute atomic E-state index is 12.0. The van der Waals surface area contributed by atoms with Crippen LogP contribution in [-0.2, 0) is 14.4 Å². The van der Waals surface area contributed by atoms with E-state index in [0.29, 0.717) is 6.61 Å². The number of hydrogen-bond acceptors (Lipinski definition) is 5. The molecule has 1 aromatic rings. The molecule has 0 bridgehead atoms. The van der Waals surface area contributed by atoms with Gasteiger partial charge < -0.3 is 9.47 Å². The molecule has 22 heavy (non-hydrogen) atoms. The molecule has 0 spiro atoms. The lowest BCUT2D eigenvalue weighted by atomic mass is 10.2. The fourth-order valence-corrected chi connectivity index (χ4v) is 2.00. The second-order valence-corrected chi connectivity index (χ2v) is 5.05. The summed E-state index contributed by atoms with van der Waals surface area (Å²) in [5.41, 5.74) is 2.12. The van der Waals surface area contributed by atoms with Gasteiger partial charge in [-0.1, -0.05) is 36.5 Å². The molecule has 0 aromatic heterocycles. The smallest absolute Gasteiger partial charge is 0.334 e. The van der Waals surface area contributed by atoms with Gasteiger partial charge in [0.15, 0.2) is 12.4 Å². The van der Waals surface area contributed by atoms with Gasteiger partial charge in [-0.25, -0.2) is 10.3 Å². The Bertz CT molecular complexity index is 536. The third-order valence-electron chi connectivity index (χ3n) is 2.61. The molecule has 0 aliphatic heterocycles. The summed E-state index contributed by atoms with van der Waals surface area (Å²) < 4.78 is 9.92. The number of carbonyl (C=O) groups excluding carboxylic acids is 2. The molecule has 1 aromatic carbocycles. The summed E-state index contributed by atoms with van der Waals surface area (Å²) in [7, 11) is 1.36. The van der Waals surface area contributed by atoms with E-state index < -0.39 is 18.5 Å². The number of rotatable bonds is 8. The van der Waals surface area contributed by atoms with Gasteiger partial charge in [-0.3, -0.25) is 9.63 Å². The quantitative estimate of drug-likeness (QED) is 0.443. The minimum absolute atomic E-state index is 0.0241. The van der Waals surface area contributed by atoms with Crippen molar-refractivity contribution in [3.63, 3.8) is 0 Å². The highest BCUT2D eigenvalue weighted by Crippen LogP contribution is 2.33. The van der Waals surface area contributed by atoms with Gasteiger partial charge in [-0.05, 0) is 18.6 Å². The first-order chi connectivity index (χ1) is 10.5. The van der Waals surface area contributed by atoms with Crippen LogP contribution < -0.4 is 10.2 Å². The van der Waals surface area contributed by atoms with Crippen molar-refractivity contribution in [1.29, 1.82) is 0 Å². The molecule has 1 amide bonds. The SMILES string of the molecule is CCCCOC(=O)CONC(=O)c1c(Cl)ccc(Cl)c1OC. The van der Waals surface area contributed by atoms with Crippen molar-refractivity contribution in [2.24, 2.45) is 0 Å². The summed E-state index contributed by atoms with van der Waals surface area (Å²) in [4.78, 5) is 28.1. The molecule has 0 saturated heterocycles. The van der Waals surface area contributed by atoms with Gasteiger partial charge in [0.1, 0.15) is 5.56 Å². The minimum atomic E-state index is -0.675. The van der Waals surface area contributed by atoms with Crippen molar-refractivity contribution in [2.75, 3.05) is 20.3 Å². The summed E-state index contributed by atoms with van der Waals surface area (Å²) in [5.74, 6) is -1.12. The van der Waals surface area contributed by atoms with Crippen LogP contribution in [0.2, 0.25) is 10.0 Å². The van der Waals surface area contributed by atoms with Crippen LogP contribution in [0.1, 0.15) is 30.1 Å². The Hall–Kier alpha value is -1.50. The molecule has 0 aliphatic carbocycles. The molecular weight excluding hydrogens is 333 g/mol. The Labute approximate surface area is 138 Å². The number of carbonyl (C=O) groups is 2. The number of nitrogens with one attached hydrogen (secondary N) is 1. The van der Waals surface area contributed by atoms with E-state index in [0.717, 1.165) is 12.8 Å². The highest BCUT2D eigenvalue weighted by atomic mass is 35.5. The fourth-order valence-electron chi connectivity index (χ4n) is 1.53. The fraction of sp³-hybridized carbons (Fsp3) is 0.429. The maximum atomic E-state index is 12.0. The van der Waals surface area contributed by atoms with Gasteiger partial charge in [0, 0.05) is 0 Å². The number of halogens is 2. The molecule has 1 rings (SSSR count). The Morgan fingerprint density at radius 2 is 1.91 bits per heavy atom. The predicted molar refractivity (Wildman–Crippen MR) is 82.3 cm³/mol. The number of hydrogen-bond donors (Lipinski definition) is 1. The number of unbranched alkanes of at least 4 members (excludes halogenated alkanes) is 1. The first kappa shape index (κ1) is 18.5. The number of esters is 1. The predicted octanol–water partition coefficient (Wildman–Crippen LogP) is 3.01. The highest BCUT2D eigenvalue weighted by Gasteiger charge is 2.20. The van der Waals surface area contributed by atoms with Gasteiger partial charge in [0.25, 0.3) is 5.91 Å². The normalized spacial score (nSPS) is 10.2. The van der Waals surface area contributed by atoms with Gasteiger partial charge in [0.05, 0.1) is 23.8 Å². The average Bonchev–Trinajstić information content (AvgIpc) is 2.49. The second kappa shape index (κ2) is 9.50. The number of ether oxygens (including phenoxy) is 2. The van der Waals surface area contributed by atoms with Crippen molar-refractivity contribution in [2.45, 2.75) is 19.8 Å². The first-order valence-electron chi connectivity index (χ1n) is 6.61. The number of benzene rings is 1. The van der Waals surface area contributed by atoms with Gasteiger partial charge in [0.2, 0.25) is 0 Å². The minimum Gasteiger partial charge on any atom is -0.494 e. The van der Waals surface area contributed by atoms with E-state index in [1.54, 1.807) is 0 Å². The van der Waals surface area contributed by atoms with E-state index in [2.05, 4.69) is 5.48 Å². The van der Waals surface area contributed by atoms with Crippen molar-refractivity contribution in [3.8, 4) is 5.75 Å². The number of amides is 1. The van der Waals surface area contributed by atoms with E-state index in [9.17, 15) is 9.59 Å². The largest absolute Gasteiger partial charge is 0.494 e. The molecule has 0 atom stereocenters. The lowest BCUT2D eigenvalue weighted by Gasteiger charge is -2.12. The van der Waals surface area contributed by atoms with Crippen LogP contribution in [0.15, 0.2) is 12.1 Å². The van der Waals surface area contributed by atoms with Crippen LogP contribution >= 0.6 is 23.2 Å². The molecule has 6 nitrogen and oxygen atoms in total. The van der Waals surface area contributed by atoms with E-state index in [4.69, 9.17) is 37.5 Å². The lowest BCUT2D eigenvalue weighted by molar-refractivity contribution is -0.150. The van der Waals surface area contributed by atoms with Crippen LogP contribution in [0.3, 0.4) is 0 Å². The second-order valence-electron chi connectivity index (χ2n) is 4.23. The molecule has 0 heterocycles.